The van der Waals surface area contributed by atoms with Gasteiger partial charge in [0.05, 0.1) is 13.2 Å². The highest BCUT2D eigenvalue weighted by atomic mass is 35.5. The molecule has 0 fully saturated rings. The van der Waals surface area contributed by atoms with Crippen LogP contribution in [0.5, 0.6) is 0 Å². The average Bonchev–Trinajstić information content (AvgIpc) is 2.93. The fourth-order valence-electron chi connectivity index (χ4n) is 3.57. The molecule has 0 saturated heterocycles. The van der Waals surface area contributed by atoms with Gasteiger partial charge in [0.15, 0.2) is 0 Å². The monoisotopic (exact) mass is 377 g/mol. The third-order valence-electron chi connectivity index (χ3n) is 4.76. The topological polar surface area (TPSA) is 49.8 Å². The number of nitrogens with zero attached hydrogens (tertiary/aromatic N) is 1. The van der Waals surface area contributed by atoms with Crippen molar-refractivity contribution in [3.05, 3.63) is 70.0 Å². The van der Waals surface area contributed by atoms with Crippen molar-refractivity contribution in [1.29, 1.82) is 0 Å². The molecule has 1 heterocycles. The Labute approximate surface area is 157 Å². The van der Waals surface area contributed by atoms with Crippen LogP contribution in [0.4, 0.5) is 4.39 Å². The highest BCUT2D eigenvalue weighted by Gasteiger charge is 2.41. The van der Waals surface area contributed by atoms with Crippen molar-refractivity contribution in [3.63, 3.8) is 0 Å². The standard InChI is InChI=1S/C20H21ClFNO3/c1-23(12-19(24)25)10-2-9-20(15-3-5-16(21)6-4-15)18-8-7-17(22)11-14(18)13-26-20/h3-8,11H,2,9-10,12-13H2,1H3,(H,24,25). The lowest BCUT2D eigenvalue weighted by Crippen LogP contribution is -2.31. The van der Waals surface area contributed by atoms with Gasteiger partial charge in [-0.15, -0.1) is 0 Å². The summed E-state index contributed by atoms with van der Waals surface area (Å²) in [6.07, 6.45) is 1.40. The van der Waals surface area contributed by atoms with Crippen LogP contribution in [-0.2, 0) is 21.7 Å². The minimum absolute atomic E-state index is 0.00337. The molecule has 0 bridgehead atoms. The molecule has 3 rings (SSSR count). The van der Waals surface area contributed by atoms with Crippen LogP contribution in [0, 0.1) is 5.82 Å². The number of fused-ring (bicyclic) bond motifs is 1. The van der Waals surface area contributed by atoms with Crippen molar-refractivity contribution in [3.8, 4) is 0 Å². The lowest BCUT2D eigenvalue weighted by atomic mass is 9.82. The van der Waals surface area contributed by atoms with Gasteiger partial charge in [-0.1, -0.05) is 29.8 Å². The number of hydrogen-bond donors (Lipinski definition) is 1. The van der Waals surface area contributed by atoms with Crippen molar-refractivity contribution >= 4 is 17.6 Å². The first-order valence-corrected chi connectivity index (χ1v) is 8.88. The molecule has 0 saturated carbocycles. The quantitative estimate of drug-likeness (QED) is 0.790. The number of likely N-dealkylation sites (N-methyl/N-ethyl adjacent to an activating group) is 1. The molecule has 0 spiro atoms. The molecule has 4 nitrogen and oxygen atoms in total. The molecule has 1 aliphatic heterocycles. The predicted molar refractivity (Wildman–Crippen MR) is 97.8 cm³/mol. The van der Waals surface area contributed by atoms with Gasteiger partial charge in [-0.2, -0.15) is 0 Å². The fourth-order valence-corrected chi connectivity index (χ4v) is 3.70. The molecular weight excluding hydrogens is 357 g/mol. The van der Waals surface area contributed by atoms with Gasteiger partial charge < -0.3 is 9.84 Å². The summed E-state index contributed by atoms with van der Waals surface area (Å²) in [6, 6.07) is 12.3. The third-order valence-corrected chi connectivity index (χ3v) is 5.01. The minimum atomic E-state index is -0.849. The molecule has 1 N–H and O–H groups in total. The number of halogens is 2. The SMILES string of the molecule is CN(CCCC1(c2ccc(Cl)cc2)OCc2cc(F)ccc21)CC(=O)O. The second kappa shape index (κ2) is 7.74. The van der Waals surface area contributed by atoms with Gasteiger partial charge in [-0.05, 0) is 67.4 Å². The van der Waals surface area contributed by atoms with Crippen molar-refractivity contribution in [2.75, 3.05) is 20.1 Å². The zero-order chi connectivity index (χ0) is 18.7. The van der Waals surface area contributed by atoms with Crippen LogP contribution in [0.15, 0.2) is 42.5 Å². The number of ether oxygens (including phenoxy) is 1. The van der Waals surface area contributed by atoms with Crippen LogP contribution in [0.25, 0.3) is 0 Å². The van der Waals surface area contributed by atoms with E-state index in [4.69, 9.17) is 21.4 Å². The molecule has 1 atom stereocenters. The number of hydrogen-bond acceptors (Lipinski definition) is 3. The highest BCUT2D eigenvalue weighted by Crippen LogP contribution is 2.45. The van der Waals surface area contributed by atoms with Crippen LogP contribution in [-0.4, -0.2) is 36.1 Å². The average molecular weight is 378 g/mol. The van der Waals surface area contributed by atoms with Gasteiger partial charge in [0.2, 0.25) is 0 Å². The minimum Gasteiger partial charge on any atom is -0.480 e. The summed E-state index contributed by atoms with van der Waals surface area (Å²) in [5, 5.41) is 9.53. The molecular formula is C20H21ClFNO3. The molecule has 2 aromatic carbocycles. The Hall–Kier alpha value is -1.95. The highest BCUT2D eigenvalue weighted by molar-refractivity contribution is 6.30. The number of carboxylic acids is 1. The Bertz CT molecular complexity index is 796. The fraction of sp³-hybridized carbons (Fsp3) is 0.350. The van der Waals surface area contributed by atoms with Crippen LogP contribution in [0.2, 0.25) is 5.02 Å². The zero-order valence-electron chi connectivity index (χ0n) is 14.5. The molecule has 0 amide bonds. The number of rotatable bonds is 7. The maximum atomic E-state index is 13.6. The first kappa shape index (κ1) is 18.8. The zero-order valence-corrected chi connectivity index (χ0v) is 15.3. The van der Waals surface area contributed by atoms with E-state index >= 15 is 0 Å². The lowest BCUT2D eigenvalue weighted by molar-refractivity contribution is -0.138. The largest absolute Gasteiger partial charge is 0.480 e. The molecule has 2 aromatic rings. The molecule has 1 aliphatic rings. The summed E-state index contributed by atoms with van der Waals surface area (Å²) in [7, 11) is 1.78. The van der Waals surface area contributed by atoms with E-state index in [0.717, 1.165) is 23.1 Å². The van der Waals surface area contributed by atoms with Gasteiger partial charge >= 0.3 is 5.97 Å². The molecule has 138 valence electrons. The maximum absolute atomic E-state index is 13.6. The normalized spacial score (nSPS) is 18.9. The van der Waals surface area contributed by atoms with Gasteiger partial charge in [-0.25, -0.2) is 4.39 Å². The Morgan fingerprint density at radius 2 is 2.04 bits per heavy atom. The number of carboxylic acid groups (broad SMARTS) is 1. The van der Waals surface area contributed by atoms with E-state index < -0.39 is 11.6 Å². The second-order valence-electron chi connectivity index (χ2n) is 6.66. The first-order chi connectivity index (χ1) is 12.4. The summed E-state index contributed by atoms with van der Waals surface area (Å²) in [5.41, 5.74) is 2.10. The van der Waals surface area contributed by atoms with E-state index in [-0.39, 0.29) is 12.4 Å². The van der Waals surface area contributed by atoms with E-state index in [9.17, 15) is 9.18 Å². The second-order valence-corrected chi connectivity index (χ2v) is 7.10. The molecule has 0 aromatic heterocycles. The van der Waals surface area contributed by atoms with Gasteiger partial charge in [-0.3, -0.25) is 9.69 Å². The molecule has 0 aliphatic carbocycles. The van der Waals surface area contributed by atoms with Crippen molar-refractivity contribution in [2.24, 2.45) is 0 Å². The summed E-state index contributed by atoms with van der Waals surface area (Å²) < 4.78 is 19.8. The molecule has 26 heavy (non-hydrogen) atoms. The lowest BCUT2D eigenvalue weighted by Gasteiger charge is -2.31. The summed E-state index contributed by atoms with van der Waals surface area (Å²) in [6.45, 7) is 0.971. The number of aliphatic carboxylic acids is 1. The number of carbonyl (C=O) groups is 1. The first-order valence-electron chi connectivity index (χ1n) is 8.50. The van der Waals surface area contributed by atoms with Crippen LogP contribution >= 0.6 is 11.6 Å². The van der Waals surface area contributed by atoms with E-state index in [1.54, 1.807) is 18.0 Å². The Kier molecular flexibility index (Phi) is 5.61. The summed E-state index contributed by atoms with van der Waals surface area (Å²) in [4.78, 5) is 12.6. The third kappa shape index (κ3) is 3.90. The number of benzene rings is 2. The van der Waals surface area contributed by atoms with Crippen molar-refractivity contribution in [2.45, 2.75) is 25.0 Å². The van der Waals surface area contributed by atoms with Gasteiger partial charge in [0, 0.05) is 5.02 Å². The van der Waals surface area contributed by atoms with Gasteiger partial charge in [0.25, 0.3) is 0 Å². The Morgan fingerprint density at radius 3 is 2.73 bits per heavy atom. The summed E-state index contributed by atoms with van der Waals surface area (Å²) in [5.74, 6) is -1.13. The smallest absolute Gasteiger partial charge is 0.317 e. The van der Waals surface area contributed by atoms with Crippen LogP contribution in [0.1, 0.15) is 29.5 Å². The van der Waals surface area contributed by atoms with Crippen LogP contribution in [0.3, 0.4) is 0 Å². The van der Waals surface area contributed by atoms with E-state index in [1.807, 2.05) is 24.3 Å². The van der Waals surface area contributed by atoms with Crippen molar-refractivity contribution < 1.29 is 19.0 Å². The Morgan fingerprint density at radius 1 is 1.31 bits per heavy atom. The molecule has 1 unspecified atom stereocenters. The predicted octanol–water partition coefficient (Wildman–Crippen LogP) is 4.05. The Balaban J connectivity index is 1.87. The molecule has 6 heteroatoms. The van der Waals surface area contributed by atoms with Crippen LogP contribution < -0.4 is 0 Å². The van der Waals surface area contributed by atoms with Crippen molar-refractivity contribution in [1.82, 2.24) is 4.90 Å². The van der Waals surface area contributed by atoms with Gasteiger partial charge in [0.1, 0.15) is 11.4 Å². The van der Waals surface area contributed by atoms with E-state index in [1.165, 1.54) is 12.1 Å². The van der Waals surface area contributed by atoms with E-state index in [0.29, 0.717) is 24.6 Å². The van der Waals surface area contributed by atoms with E-state index in [2.05, 4.69) is 0 Å². The maximum Gasteiger partial charge on any atom is 0.317 e. The summed E-state index contributed by atoms with van der Waals surface area (Å²) >= 11 is 6.03. The molecule has 0 radical (unpaired) electrons.